The predicted octanol–water partition coefficient (Wildman–Crippen LogP) is 2.11. The highest BCUT2D eigenvalue weighted by atomic mass is 32.1. The molecule has 150 valence electrons. The molecule has 27 heavy (non-hydrogen) atoms. The molecule has 3 rings (SSSR count). The van der Waals surface area contributed by atoms with Gasteiger partial charge in [0, 0.05) is 19.6 Å². The van der Waals surface area contributed by atoms with Crippen molar-refractivity contribution < 1.29 is 19.7 Å². The molecule has 0 aliphatic carbocycles. The first-order valence-corrected chi connectivity index (χ1v) is 10.1. The lowest BCUT2D eigenvalue weighted by Crippen LogP contribution is -2.55. The van der Waals surface area contributed by atoms with Crippen LogP contribution in [0, 0.1) is 0 Å². The molecule has 0 aromatic heterocycles. The molecule has 1 aromatic rings. The van der Waals surface area contributed by atoms with Gasteiger partial charge in [-0.15, -0.1) is 0 Å². The number of hydrogen-bond donors (Lipinski definition) is 3. The normalized spacial score (nSPS) is 22.4. The summed E-state index contributed by atoms with van der Waals surface area (Å²) in [6.07, 6.45) is 2.07. The third-order valence-electron chi connectivity index (χ3n) is 6.13. The average Bonchev–Trinajstić information content (AvgIpc) is 2.69. The second kappa shape index (κ2) is 8.82. The highest BCUT2D eigenvalue weighted by Crippen LogP contribution is 2.31. The molecule has 0 spiro atoms. The second-order valence-electron chi connectivity index (χ2n) is 7.74. The van der Waals surface area contributed by atoms with Crippen LogP contribution < -0.4 is 4.74 Å². The van der Waals surface area contributed by atoms with Gasteiger partial charge in [0.15, 0.2) is 0 Å². The van der Waals surface area contributed by atoms with Gasteiger partial charge < -0.3 is 24.7 Å². The summed E-state index contributed by atoms with van der Waals surface area (Å²) in [5, 5.41) is 21.1. The van der Waals surface area contributed by atoms with E-state index in [0.717, 1.165) is 31.7 Å². The number of nitrogens with zero attached hydrogens (tertiary/aromatic N) is 2. The minimum absolute atomic E-state index is 0.271. The smallest absolute Gasteiger partial charge is 0.278 e. The minimum atomic E-state index is -1.12. The molecule has 2 N–H and O–H groups in total. The van der Waals surface area contributed by atoms with E-state index in [9.17, 15) is 15.0 Å². The SMILES string of the molecule is COc1ccc(C2CCN(CC(O)C3(O)CCN(C(=O)S)CC3)CC2)cc1. The zero-order valence-electron chi connectivity index (χ0n) is 15.9. The van der Waals surface area contributed by atoms with Crippen LogP contribution in [0.25, 0.3) is 0 Å². The van der Waals surface area contributed by atoms with Gasteiger partial charge in [-0.1, -0.05) is 24.8 Å². The van der Waals surface area contributed by atoms with E-state index in [4.69, 9.17) is 4.74 Å². The zero-order valence-corrected chi connectivity index (χ0v) is 16.8. The Labute approximate surface area is 166 Å². The topological polar surface area (TPSA) is 73.2 Å². The lowest BCUT2D eigenvalue weighted by Gasteiger charge is -2.42. The van der Waals surface area contributed by atoms with E-state index in [1.165, 1.54) is 5.56 Å². The number of likely N-dealkylation sites (tertiary alicyclic amines) is 2. The van der Waals surface area contributed by atoms with E-state index in [2.05, 4.69) is 29.7 Å². The Balaban J connectivity index is 1.47. The van der Waals surface area contributed by atoms with E-state index in [-0.39, 0.29) is 5.24 Å². The molecule has 2 saturated heterocycles. The van der Waals surface area contributed by atoms with Gasteiger partial charge in [0.05, 0.1) is 18.8 Å². The summed E-state index contributed by atoms with van der Waals surface area (Å²) in [4.78, 5) is 15.1. The Kier molecular flexibility index (Phi) is 6.68. The summed E-state index contributed by atoms with van der Waals surface area (Å²) in [7, 11) is 1.67. The molecule has 1 amide bonds. The van der Waals surface area contributed by atoms with Crippen LogP contribution >= 0.6 is 12.6 Å². The van der Waals surface area contributed by atoms with E-state index in [1.807, 2.05) is 12.1 Å². The first kappa shape index (κ1) is 20.5. The molecule has 1 atom stereocenters. The van der Waals surface area contributed by atoms with E-state index >= 15 is 0 Å². The maximum atomic E-state index is 11.3. The molecule has 2 aliphatic heterocycles. The lowest BCUT2D eigenvalue weighted by atomic mass is 9.85. The van der Waals surface area contributed by atoms with Crippen LogP contribution in [0.4, 0.5) is 4.79 Å². The molecule has 1 aromatic carbocycles. The Morgan fingerprint density at radius 1 is 1.22 bits per heavy atom. The number of amides is 1. The van der Waals surface area contributed by atoms with Gasteiger partial charge in [-0.25, -0.2) is 0 Å². The number of thiol groups is 1. The molecule has 2 fully saturated rings. The van der Waals surface area contributed by atoms with Crippen molar-refractivity contribution in [2.24, 2.45) is 0 Å². The predicted molar refractivity (Wildman–Crippen MR) is 108 cm³/mol. The fraction of sp³-hybridized carbons (Fsp3) is 0.650. The number of methoxy groups -OCH3 is 1. The molecule has 0 radical (unpaired) electrons. The largest absolute Gasteiger partial charge is 0.497 e. The van der Waals surface area contributed by atoms with Crippen molar-refractivity contribution in [3.8, 4) is 5.75 Å². The standard InChI is InChI=1S/C20H30N2O4S/c1-26-17-4-2-15(3-5-17)16-6-10-21(11-7-16)14-18(23)20(25)8-12-22(13-9-20)19(24)27/h2-5,16,18,23,25H,6-14H2,1H3,(H,24,27). The van der Waals surface area contributed by atoms with Crippen LogP contribution in [0.1, 0.15) is 37.2 Å². The number of piperidine rings is 2. The van der Waals surface area contributed by atoms with E-state index < -0.39 is 11.7 Å². The molecule has 2 heterocycles. The molecule has 6 nitrogen and oxygen atoms in total. The molecule has 0 bridgehead atoms. The number of benzene rings is 1. The first-order valence-electron chi connectivity index (χ1n) is 9.66. The number of rotatable bonds is 5. The van der Waals surface area contributed by atoms with Gasteiger partial charge in [-0.2, -0.15) is 0 Å². The van der Waals surface area contributed by atoms with E-state index in [1.54, 1.807) is 12.0 Å². The Bertz CT molecular complexity index is 623. The number of carbonyl (C=O) groups is 1. The van der Waals surface area contributed by atoms with Gasteiger partial charge in [0.25, 0.3) is 5.24 Å². The van der Waals surface area contributed by atoms with Crippen molar-refractivity contribution >= 4 is 17.9 Å². The van der Waals surface area contributed by atoms with E-state index in [0.29, 0.717) is 38.4 Å². The van der Waals surface area contributed by atoms with Crippen LogP contribution in [0.15, 0.2) is 24.3 Å². The molecular formula is C20H30N2O4S. The van der Waals surface area contributed by atoms with Crippen molar-refractivity contribution in [3.63, 3.8) is 0 Å². The van der Waals surface area contributed by atoms with Crippen molar-refractivity contribution in [3.05, 3.63) is 29.8 Å². The lowest BCUT2D eigenvalue weighted by molar-refractivity contribution is -0.113. The minimum Gasteiger partial charge on any atom is -0.497 e. The number of β-amino-alcohol motifs (C(OH)–C–C–N with tert-alkyl or cyclic N) is 1. The Morgan fingerprint density at radius 2 is 1.81 bits per heavy atom. The van der Waals surface area contributed by atoms with Gasteiger partial charge in [-0.05, 0) is 62.4 Å². The summed E-state index contributed by atoms with van der Waals surface area (Å²) in [5.74, 6) is 1.40. The van der Waals surface area contributed by atoms with Crippen LogP contribution in [-0.2, 0) is 0 Å². The number of aliphatic hydroxyl groups is 2. The summed E-state index contributed by atoms with van der Waals surface area (Å²) in [5.41, 5.74) is 0.213. The Hall–Kier alpha value is -1.28. The monoisotopic (exact) mass is 394 g/mol. The number of aliphatic hydroxyl groups excluding tert-OH is 1. The first-order chi connectivity index (χ1) is 12.9. The van der Waals surface area contributed by atoms with Crippen molar-refractivity contribution in [2.45, 2.75) is 43.3 Å². The Morgan fingerprint density at radius 3 is 2.33 bits per heavy atom. The van der Waals surface area contributed by atoms with Crippen LogP contribution in [0.3, 0.4) is 0 Å². The van der Waals surface area contributed by atoms with Crippen molar-refractivity contribution in [1.82, 2.24) is 9.80 Å². The van der Waals surface area contributed by atoms with Gasteiger partial charge in [0.2, 0.25) is 0 Å². The summed E-state index contributed by atoms with van der Waals surface area (Å²) in [6, 6.07) is 8.27. The molecule has 1 unspecified atom stereocenters. The maximum Gasteiger partial charge on any atom is 0.278 e. The summed E-state index contributed by atoms with van der Waals surface area (Å²) in [6.45, 7) is 3.17. The quantitative estimate of drug-likeness (QED) is 0.667. The molecular weight excluding hydrogens is 364 g/mol. The highest BCUT2D eigenvalue weighted by Gasteiger charge is 2.40. The van der Waals surface area contributed by atoms with Gasteiger partial charge in [-0.3, -0.25) is 4.79 Å². The molecule has 7 heteroatoms. The summed E-state index contributed by atoms with van der Waals surface area (Å²) >= 11 is 3.83. The molecule has 2 aliphatic rings. The number of carbonyl (C=O) groups excluding carboxylic acids is 1. The second-order valence-corrected chi connectivity index (χ2v) is 8.12. The molecule has 0 saturated carbocycles. The van der Waals surface area contributed by atoms with Crippen molar-refractivity contribution in [1.29, 1.82) is 0 Å². The number of ether oxygens (including phenoxy) is 1. The van der Waals surface area contributed by atoms with Crippen molar-refractivity contribution in [2.75, 3.05) is 39.8 Å². The fourth-order valence-electron chi connectivity index (χ4n) is 4.16. The van der Waals surface area contributed by atoms with Crippen LogP contribution in [0.5, 0.6) is 5.75 Å². The maximum absolute atomic E-state index is 11.3. The number of hydrogen-bond acceptors (Lipinski definition) is 5. The fourth-order valence-corrected chi connectivity index (χ4v) is 4.36. The highest BCUT2D eigenvalue weighted by molar-refractivity contribution is 7.96. The van der Waals surface area contributed by atoms with Crippen LogP contribution in [-0.4, -0.2) is 76.8 Å². The van der Waals surface area contributed by atoms with Crippen LogP contribution in [0.2, 0.25) is 0 Å². The van der Waals surface area contributed by atoms with Gasteiger partial charge >= 0.3 is 0 Å². The zero-order chi connectivity index (χ0) is 19.4. The third kappa shape index (κ3) is 4.96. The summed E-state index contributed by atoms with van der Waals surface area (Å²) < 4.78 is 5.22. The average molecular weight is 395 g/mol. The van der Waals surface area contributed by atoms with Gasteiger partial charge in [0.1, 0.15) is 5.75 Å². The third-order valence-corrected chi connectivity index (χ3v) is 6.41.